The van der Waals surface area contributed by atoms with E-state index in [1.54, 1.807) is 13.1 Å². The second-order valence-corrected chi connectivity index (χ2v) is 7.31. The Labute approximate surface area is 166 Å². The lowest BCUT2D eigenvalue weighted by Gasteiger charge is -2.07. The van der Waals surface area contributed by atoms with Crippen molar-refractivity contribution >= 4 is 46.7 Å². The zero-order valence-corrected chi connectivity index (χ0v) is 16.7. The Hall–Kier alpha value is -2.01. The van der Waals surface area contributed by atoms with Crippen molar-refractivity contribution in [3.8, 4) is 5.69 Å². The number of hydrogen-bond donors (Lipinski definition) is 1. The number of halogens is 3. The summed E-state index contributed by atoms with van der Waals surface area (Å²) in [6, 6.07) is 9.07. The third-order valence-corrected chi connectivity index (χ3v) is 4.81. The zero-order valence-electron chi connectivity index (χ0n) is 14.4. The van der Waals surface area contributed by atoms with Crippen molar-refractivity contribution in [2.45, 2.75) is 20.8 Å². The van der Waals surface area contributed by atoms with Crippen LogP contribution in [0.2, 0.25) is 15.1 Å². The monoisotopic (exact) mass is 407 g/mol. The quantitative estimate of drug-likeness (QED) is 0.547. The van der Waals surface area contributed by atoms with Crippen molar-refractivity contribution in [2.75, 3.05) is 0 Å². The van der Waals surface area contributed by atoms with Gasteiger partial charge in [-0.1, -0.05) is 46.9 Å². The van der Waals surface area contributed by atoms with E-state index < -0.39 is 0 Å². The van der Waals surface area contributed by atoms with E-state index >= 15 is 0 Å². The molecule has 1 aromatic heterocycles. The molecular weight excluding hydrogens is 393 g/mol. The average Bonchev–Trinajstić information content (AvgIpc) is 2.82. The van der Waals surface area contributed by atoms with Gasteiger partial charge in [-0.05, 0) is 50.1 Å². The third-order valence-electron chi connectivity index (χ3n) is 4.02. The molecule has 0 spiro atoms. The summed E-state index contributed by atoms with van der Waals surface area (Å²) in [7, 11) is 0. The van der Waals surface area contributed by atoms with Gasteiger partial charge in [0.25, 0.3) is 5.56 Å². The largest absolute Gasteiger partial charge is 0.295 e. The molecule has 26 heavy (non-hydrogen) atoms. The molecule has 0 aliphatic carbocycles. The molecule has 2 aromatic carbocycles. The lowest BCUT2D eigenvalue weighted by molar-refractivity contribution is 0.835. The Morgan fingerprint density at radius 1 is 1.04 bits per heavy atom. The maximum atomic E-state index is 12.8. The van der Waals surface area contributed by atoms with E-state index in [-0.39, 0.29) is 15.6 Å². The van der Waals surface area contributed by atoms with E-state index in [4.69, 9.17) is 34.8 Å². The molecular formula is C19H16Cl3N3O. The lowest BCUT2D eigenvalue weighted by atomic mass is 10.1. The number of hydrogen-bond acceptors (Lipinski definition) is 2. The lowest BCUT2D eigenvalue weighted by Crippen LogP contribution is -2.18. The predicted octanol–water partition coefficient (Wildman–Crippen LogP) is 5.80. The molecule has 7 heteroatoms. The summed E-state index contributed by atoms with van der Waals surface area (Å²) in [6.45, 7) is 5.76. The molecule has 0 saturated heterocycles. The van der Waals surface area contributed by atoms with Crippen LogP contribution in [0.25, 0.3) is 5.69 Å². The van der Waals surface area contributed by atoms with Crippen molar-refractivity contribution in [2.24, 2.45) is 4.99 Å². The van der Waals surface area contributed by atoms with Crippen LogP contribution in [0.3, 0.4) is 0 Å². The van der Waals surface area contributed by atoms with Crippen molar-refractivity contribution in [3.63, 3.8) is 0 Å². The number of aliphatic imine (C=N–C) groups is 1. The molecule has 1 N–H and O–H groups in total. The fourth-order valence-corrected chi connectivity index (χ4v) is 3.60. The van der Waals surface area contributed by atoms with Gasteiger partial charge in [-0.15, -0.1) is 0 Å². The van der Waals surface area contributed by atoms with Crippen LogP contribution < -0.4 is 5.56 Å². The van der Waals surface area contributed by atoms with E-state index in [1.807, 2.05) is 32.0 Å². The first-order valence-corrected chi connectivity index (χ1v) is 8.99. The highest BCUT2D eigenvalue weighted by atomic mass is 35.5. The van der Waals surface area contributed by atoms with Gasteiger partial charge >= 0.3 is 0 Å². The van der Waals surface area contributed by atoms with Crippen molar-refractivity contribution in [3.05, 3.63) is 78.1 Å². The number of aromatic amines is 1. The summed E-state index contributed by atoms with van der Waals surface area (Å²) in [4.78, 5) is 17.3. The summed E-state index contributed by atoms with van der Waals surface area (Å²) >= 11 is 18.4. The minimum atomic E-state index is -0.289. The normalized spacial score (nSPS) is 11.5. The van der Waals surface area contributed by atoms with Crippen LogP contribution >= 0.6 is 34.8 Å². The van der Waals surface area contributed by atoms with Crippen molar-refractivity contribution < 1.29 is 0 Å². The number of benzene rings is 2. The van der Waals surface area contributed by atoms with Gasteiger partial charge in [0.1, 0.15) is 5.69 Å². The third kappa shape index (κ3) is 3.58. The maximum absolute atomic E-state index is 12.8. The van der Waals surface area contributed by atoms with Crippen LogP contribution in [0, 0.1) is 20.8 Å². The minimum absolute atomic E-state index is 0.281. The fourth-order valence-electron chi connectivity index (χ4n) is 2.61. The second kappa shape index (κ2) is 7.31. The zero-order chi connectivity index (χ0) is 19.0. The smallest absolute Gasteiger partial charge is 0.280 e. The molecule has 1 heterocycles. The molecule has 0 fully saturated rings. The highest BCUT2D eigenvalue weighted by Crippen LogP contribution is 2.31. The first kappa shape index (κ1) is 18.8. The van der Waals surface area contributed by atoms with Crippen LogP contribution in [0.15, 0.2) is 40.1 Å². The molecule has 3 rings (SSSR count). The maximum Gasteiger partial charge on any atom is 0.280 e. The number of aryl methyl sites for hydroxylation is 3. The number of nitrogens with one attached hydrogen (secondary N) is 1. The first-order valence-electron chi connectivity index (χ1n) is 7.86. The Bertz CT molecular complexity index is 1060. The molecule has 134 valence electrons. The van der Waals surface area contributed by atoms with Gasteiger partial charge in [0, 0.05) is 16.9 Å². The Morgan fingerprint density at radius 2 is 1.69 bits per heavy atom. The predicted molar refractivity (Wildman–Crippen MR) is 109 cm³/mol. The molecule has 0 aliphatic rings. The standard InChI is InChI=1S/C19H16Cl3N3O/c1-10-4-5-11(2)17(6-10)23-9-14-12(3)24-25(19(14)26)18-15(21)7-13(20)8-16(18)22/h4-9,24H,1-3H3. The fraction of sp³-hybridized carbons (Fsp3) is 0.158. The van der Waals surface area contributed by atoms with Crippen LogP contribution in [0.5, 0.6) is 0 Å². The summed E-state index contributed by atoms with van der Waals surface area (Å²) in [5.41, 5.74) is 4.12. The molecule has 4 nitrogen and oxygen atoms in total. The SMILES string of the molecule is Cc1ccc(C)c(N=Cc2c(C)[nH]n(-c3c(Cl)cc(Cl)cc3Cl)c2=O)c1. The number of rotatable bonds is 3. The summed E-state index contributed by atoms with van der Waals surface area (Å²) in [5.74, 6) is 0. The van der Waals surface area contributed by atoms with Gasteiger partial charge in [-0.25, -0.2) is 4.68 Å². The number of aromatic nitrogens is 2. The van der Waals surface area contributed by atoms with E-state index in [9.17, 15) is 4.79 Å². The van der Waals surface area contributed by atoms with E-state index in [2.05, 4.69) is 10.1 Å². The molecule has 0 bridgehead atoms. The molecule has 0 atom stereocenters. The van der Waals surface area contributed by atoms with Gasteiger partial charge in [-0.2, -0.15) is 0 Å². The van der Waals surface area contributed by atoms with E-state index in [0.29, 0.717) is 22.0 Å². The van der Waals surface area contributed by atoms with Gasteiger partial charge in [0.05, 0.1) is 21.3 Å². The topological polar surface area (TPSA) is 50.1 Å². The molecule has 3 aromatic rings. The first-order chi connectivity index (χ1) is 12.3. The number of nitrogens with zero attached hydrogens (tertiary/aromatic N) is 2. The minimum Gasteiger partial charge on any atom is -0.295 e. The Balaban J connectivity index is 2.09. The summed E-state index contributed by atoms with van der Waals surface area (Å²) in [6.07, 6.45) is 1.56. The highest BCUT2D eigenvalue weighted by Gasteiger charge is 2.16. The molecule has 0 radical (unpaired) electrons. The van der Waals surface area contributed by atoms with Crippen LogP contribution in [0.4, 0.5) is 5.69 Å². The molecule has 0 saturated carbocycles. The van der Waals surface area contributed by atoms with E-state index in [1.165, 1.54) is 16.8 Å². The van der Waals surface area contributed by atoms with Crippen LogP contribution in [0.1, 0.15) is 22.4 Å². The second-order valence-electron chi connectivity index (χ2n) is 6.06. The van der Waals surface area contributed by atoms with Gasteiger partial charge in [0.15, 0.2) is 0 Å². The molecule has 0 aliphatic heterocycles. The summed E-state index contributed by atoms with van der Waals surface area (Å²) < 4.78 is 1.31. The molecule has 0 unspecified atom stereocenters. The van der Waals surface area contributed by atoms with Crippen molar-refractivity contribution in [1.82, 2.24) is 9.78 Å². The van der Waals surface area contributed by atoms with E-state index in [0.717, 1.165) is 16.8 Å². The molecule has 0 amide bonds. The summed E-state index contributed by atoms with van der Waals surface area (Å²) in [5, 5.41) is 3.96. The number of H-pyrrole nitrogens is 1. The van der Waals surface area contributed by atoms with Gasteiger partial charge in [-0.3, -0.25) is 14.9 Å². The van der Waals surface area contributed by atoms with Crippen LogP contribution in [-0.2, 0) is 0 Å². The highest BCUT2D eigenvalue weighted by molar-refractivity contribution is 6.40. The van der Waals surface area contributed by atoms with Crippen molar-refractivity contribution in [1.29, 1.82) is 0 Å². The average molecular weight is 409 g/mol. The van der Waals surface area contributed by atoms with Crippen LogP contribution in [-0.4, -0.2) is 16.0 Å². The Morgan fingerprint density at radius 3 is 2.35 bits per heavy atom. The Kier molecular flexibility index (Phi) is 5.28. The van der Waals surface area contributed by atoms with Gasteiger partial charge in [0.2, 0.25) is 0 Å². The van der Waals surface area contributed by atoms with Gasteiger partial charge < -0.3 is 0 Å².